The molecule has 129 heavy (non-hydrogen) atoms. The summed E-state index contributed by atoms with van der Waals surface area (Å²) in [5.74, 6) is -17.3. The number of carbonyl (C=O) groups is 9. The van der Waals surface area contributed by atoms with Crippen LogP contribution in [0, 0.1) is 5.92 Å². The molecule has 7 aliphatic heterocycles. The van der Waals surface area contributed by atoms with Gasteiger partial charge in [-0.15, -0.1) is 0 Å². The zero-order valence-electron chi connectivity index (χ0n) is 71.2. The Morgan fingerprint density at radius 2 is 1.21 bits per heavy atom. The monoisotopic (exact) mass is 1820 g/mol. The molecule has 7 aromatic carbocycles. The second-order valence-corrected chi connectivity index (χ2v) is 34.7. The minimum Gasteiger partial charge on any atom is -0.508 e. The van der Waals surface area contributed by atoms with Gasteiger partial charge in [0.2, 0.25) is 53.4 Å². The lowest BCUT2D eigenvalue weighted by atomic mass is 9.84. The first-order valence-electron chi connectivity index (χ1n) is 43.0. The number of hydrogen-bond acceptors (Lipinski definition) is 26. The number of amides is 8. The van der Waals surface area contributed by atoms with Crippen molar-refractivity contribution in [2.24, 2.45) is 11.7 Å². The first-order valence-corrected chi connectivity index (χ1v) is 43.7. The molecule has 8 aliphatic rings. The van der Waals surface area contributed by atoms with Crippen molar-refractivity contribution in [1.82, 2.24) is 42.5 Å². The molecule has 20 N–H and O–H groups in total. The Balaban J connectivity index is 0.936. The molecule has 15 rings (SSSR count). The number of halogens is 2. The van der Waals surface area contributed by atoms with E-state index in [1.165, 1.54) is 31.4 Å². The van der Waals surface area contributed by atoms with Crippen LogP contribution < -0.4 is 62.5 Å². The molecule has 8 amide bonds. The molecular weight excluding hydrogens is 1720 g/mol. The smallest absolute Gasteiger partial charge is 0.407 e. The van der Waals surface area contributed by atoms with E-state index in [1.807, 2.05) is 48.5 Å². The Morgan fingerprint density at radius 3 is 1.81 bits per heavy atom. The van der Waals surface area contributed by atoms with Gasteiger partial charge in [-0.3, -0.25) is 33.6 Å². The number of aliphatic hydroxyl groups excluding tert-OH is 6. The highest BCUT2D eigenvalue weighted by atomic mass is 35.5. The largest absolute Gasteiger partial charge is 0.508 e. The normalized spacial score (nSPS) is 25.9. The number of hydrogen-bond donors (Lipinski definition) is 19. The van der Waals surface area contributed by atoms with E-state index in [-0.39, 0.29) is 47.8 Å². The van der Waals surface area contributed by atoms with Crippen LogP contribution in [-0.4, -0.2) is 203 Å². The van der Waals surface area contributed by atoms with Gasteiger partial charge >= 0.3 is 12.1 Å². The summed E-state index contributed by atoms with van der Waals surface area (Å²) in [6.45, 7) is 8.33. The van der Waals surface area contributed by atoms with Gasteiger partial charge in [-0.25, -0.2) is 9.59 Å². The topological polar surface area (TPSA) is 543 Å². The average molecular weight is 1830 g/mol. The third-order valence-corrected chi connectivity index (χ3v) is 24.7. The highest BCUT2D eigenvalue weighted by Crippen LogP contribution is 2.51. The third kappa shape index (κ3) is 21.7. The van der Waals surface area contributed by atoms with E-state index in [0.717, 1.165) is 134 Å². The maximum Gasteiger partial charge on any atom is 0.407 e. The van der Waals surface area contributed by atoms with Gasteiger partial charge in [0.05, 0.1) is 35.3 Å². The van der Waals surface area contributed by atoms with Gasteiger partial charge in [0.1, 0.15) is 102 Å². The summed E-state index contributed by atoms with van der Waals surface area (Å²) < 4.78 is 45.5. The molecule has 35 nitrogen and oxygen atoms in total. The van der Waals surface area contributed by atoms with E-state index >= 15 is 28.8 Å². The summed E-state index contributed by atoms with van der Waals surface area (Å²) in [5.41, 5.74) is 5.38. The van der Waals surface area contributed by atoms with Gasteiger partial charge in [-0.2, -0.15) is 0 Å². The summed E-state index contributed by atoms with van der Waals surface area (Å²) in [5, 5.41) is 137. The van der Waals surface area contributed by atoms with E-state index in [0.29, 0.717) is 6.54 Å². The number of carbonyl (C=O) groups excluding carboxylic acids is 8. The molecule has 7 aromatic rings. The number of primary amides is 1. The molecule has 0 aromatic heterocycles. The molecule has 7 heterocycles. The minimum absolute atomic E-state index is 0.102. The molecule has 37 heteroatoms. The second kappa shape index (κ2) is 41.5. The van der Waals surface area contributed by atoms with Gasteiger partial charge in [0.25, 0.3) is 0 Å². The lowest BCUT2D eigenvalue weighted by Gasteiger charge is -2.48. The van der Waals surface area contributed by atoms with Crippen LogP contribution >= 0.6 is 23.2 Å². The van der Waals surface area contributed by atoms with E-state index < -0.39 is 254 Å². The van der Waals surface area contributed by atoms with E-state index in [9.17, 15) is 65.4 Å². The van der Waals surface area contributed by atoms with Crippen molar-refractivity contribution in [3.8, 4) is 68.2 Å². The van der Waals surface area contributed by atoms with Crippen LogP contribution in [0.4, 0.5) is 4.79 Å². The lowest BCUT2D eigenvalue weighted by molar-refractivity contribution is -0.334. The Kier molecular flexibility index (Phi) is 30.6. The third-order valence-electron chi connectivity index (χ3n) is 24.1. The van der Waals surface area contributed by atoms with Crippen molar-refractivity contribution in [2.75, 3.05) is 19.8 Å². The number of phenols is 3. The predicted octanol–water partition coefficient (Wildman–Crippen LogP) is 7.98. The molecule has 2 saturated heterocycles. The number of aliphatic carboxylic acids is 1. The lowest BCUT2D eigenvalue weighted by Crippen LogP contribution is -2.65. The zero-order chi connectivity index (χ0) is 92.6. The fourth-order valence-electron chi connectivity index (χ4n) is 17.3. The number of aliphatic hydroxyl groups is 6. The van der Waals surface area contributed by atoms with Crippen LogP contribution in [0.15, 0.2) is 127 Å². The van der Waals surface area contributed by atoms with Crippen LogP contribution in [0.2, 0.25) is 10.0 Å². The van der Waals surface area contributed by atoms with Gasteiger partial charge in [0, 0.05) is 40.6 Å². The number of fused-ring (bicyclic) bond motifs is 18. The molecule has 0 saturated carbocycles. The molecule has 690 valence electrons. The fraction of sp³-hybridized carbons (Fsp3) is 0.446. The second-order valence-electron chi connectivity index (χ2n) is 33.9. The molecule has 1 aliphatic carbocycles. The summed E-state index contributed by atoms with van der Waals surface area (Å²) in [7, 11) is 0. The van der Waals surface area contributed by atoms with Crippen LogP contribution in [0.25, 0.3) is 22.3 Å². The molecule has 0 radical (unpaired) electrons. The maximum absolute atomic E-state index is 16.4. The Morgan fingerprint density at radius 1 is 0.620 bits per heavy atom. The fourth-order valence-corrected chi connectivity index (χ4v) is 17.7. The van der Waals surface area contributed by atoms with Crippen molar-refractivity contribution < 1.29 is 127 Å². The summed E-state index contributed by atoms with van der Waals surface area (Å²) in [6.07, 6.45) is -9.18. The van der Waals surface area contributed by atoms with Gasteiger partial charge < -0.3 is 132 Å². The first kappa shape index (κ1) is 95.1. The van der Waals surface area contributed by atoms with Crippen molar-refractivity contribution in [3.05, 3.63) is 176 Å². The number of aromatic hydroxyl groups is 3. The van der Waals surface area contributed by atoms with Crippen LogP contribution in [0.3, 0.4) is 0 Å². The number of carboxylic acid groups (broad SMARTS) is 1. The van der Waals surface area contributed by atoms with Crippen molar-refractivity contribution in [2.45, 2.75) is 233 Å². The van der Waals surface area contributed by atoms with Crippen LogP contribution in [-0.2, 0) is 57.3 Å². The Bertz CT molecular complexity index is 5290. The van der Waals surface area contributed by atoms with Gasteiger partial charge in [-0.1, -0.05) is 168 Å². The molecule has 18 atom stereocenters. The Hall–Kier alpha value is -11.5. The molecular formula is C92H107Cl2N9O26. The number of alkyl carbamates (subject to hydrolysis) is 1. The van der Waals surface area contributed by atoms with E-state index in [4.69, 9.17) is 62.1 Å². The van der Waals surface area contributed by atoms with Crippen LogP contribution in [0.1, 0.15) is 193 Å². The highest BCUT2D eigenvalue weighted by Gasteiger charge is 2.53. The predicted molar refractivity (Wildman–Crippen MR) is 464 cm³/mol. The maximum atomic E-state index is 16.4. The summed E-state index contributed by atoms with van der Waals surface area (Å²) >= 11 is 14.4. The summed E-state index contributed by atoms with van der Waals surface area (Å²) in [4.78, 5) is 134. The number of phenolic OH excluding ortho intramolecular Hbond substituents is 3. The van der Waals surface area contributed by atoms with E-state index in [2.05, 4.69) is 49.5 Å². The summed E-state index contributed by atoms with van der Waals surface area (Å²) in [6, 6.07) is 13.5. The quantitative estimate of drug-likeness (QED) is 0.0217. The number of benzene rings is 7. The highest BCUT2D eigenvalue weighted by molar-refractivity contribution is 6.32. The van der Waals surface area contributed by atoms with Crippen molar-refractivity contribution >= 4 is 76.6 Å². The zero-order valence-corrected chi connectivity index (χ0v) is 72.8. The Labute approximate surface area is 752 Å². The number of rotatable bonds is 27. The number of carboxylic acids is 1. The average Bonchev–Trinajstić information content (AvgIpc) is 1.70. The standard InChI is InChI=1S/C92H107Cl2N9O26/c1-6-7-8-9-10-11-12-13-14-19-30-96-92(5)40-69(124-44(4)82(92)113)128-81-79(112)78(111)67(41-104)127-90(81)129-80-65-35-48-36-66(80)126-64-29-26-47(34-58(64)94)77(110)75-88(119)101-73(89(120)121)55-37-49(105)38-62(107)70(55)54-32-45(24-27-61(54)106)71(85(116)103-75)100-86(117)72(48)99-84(115)60(39-68(95)108)97-87(118)74(76(109)46-25-28-63(125-65)57(93)33-46)102-83(114)59(31-43(2)3)98-91(122)123-42-56-52-22-17-15-20-50(52)51-21-16-18-23-53(51)56/h15-18,20-29,32-38,43-44,56,59-60,67,69,71-79,81-82,90,96,104-107,109-113H,6-14,19,30-31,39-42H2,1-5H3,(H2,95,108)(H,97,118)(H,98,122)(H,99,115)(H,100,117)(H,101,119)(H,102,114)(H,103,116)(H,120,121)/t44-,59+,60-,67+,69-,71+,72+,73-,74+,75-,76+,77+,78+,79-,81+,82+,90-,92-/m0/s1. The van der Waals surface area contributed by atoms with Crippen LogP contribution in [0.5, 0.6) is 46.0 Å². The SMILES string of the molecule is CCCCCCCCCCCCN[C@@]1(C)C[C@H](O[C@H]2[C@H](Oc3c4cc5cc3Oc3ccc(cc3Cl)[C@@H](O)[C@@H](NC(=O)[C@@H](CC(C)C)NC(=O)OCC3c6ccccc6-c6ccccc63)C(=O)N[C@@H](CC(N)=O)C(=O)N[C@H]5C(=O)N[C@H]3C(=O)N[C@H](C(=O)N[C@H](C(=O)O)c5cc(O)cc(O)c5-c5cc3ccc5O)[C@H](O)c3ccc(c(Cl)c3)O4)O[C@H](CO)[C@@H](O)[C@@H]2O)O[C@@H](C)[C@H]1O. The molecule has 0 spiro atoms. The van der Waals surface area contributed by atoms with E-state index in [1.54, 1.807) is 27.7 Å². The van der Waals surface area contributed by atoms with Gasteiger partial charge in [-0.05, 0) is 138 Å². The van der Waals surface area contributed by atoms with Gasteiger partial charge in [0.15, 0.2) is 29.9 Å². The molecule has 0 unspecified atom stereocenters. The first-order chi connectivity index (χ1) is 61.6. The molecule has 2 fully saturated rings. The number of nitrogens with one attached hydrogen (secondary N) is 8. The van der Waals surface area contributed by atoms with Crippen molar-refractivity contribution in [1.29, 1.82) is 0 Å². The number of nitrogens with two attached hydrogens (primary N) is 1. The minimum atomic E-state index is -2.41. The number of unbranched alkanes of at least 4 members (excludes halogenated alkanes) is 9. The molecule has 11 bridgehead atoms. The van der Waals surface area contributed by atoms with Crippen molar-refractivity contribution in [3.63, 3.8) is 0 Å². The number of ether oxygens (including phenoxy) is 7.